The molecule has 0 saturated heterocycles. The van der Waals surface area contributed by atoms with E-state index >= 15 is 0 Å². The van der Waals surface area contributed by atoms with Gasteiger partial charge < -0.3 is 2.85 Å². The maximum absolute atomic E-state index is 3.39. The monoisotopic (exact) mass is 190 g/mol. The molecule has 0 heterocycles. The van der Waals surface area contributed by atoms with Crippen molar-refractivity contribution in [3.05, 3.63) is 0 Å². The smallest absolute Gasteiger partial charge is 1.00 e. The molecule has 0 aliphatic heterocycles. The molecule has 2 heteroatoms. The van der Waals surface area contributed by atoms with Crippen molar-refractivity contribution < 1.29 is 2.85 Å². The third-order valence-electron chi connectivity index (χ3n) is 0.844. The number of alkyl halides is 1. The van der Waals surface area contributed by atoms with Crippen LogP contribution < -0.4 is 0 Å². The molecular weight excluding hydrogens is 176 g/mol. The van der Waals surface area contributed by atoms with Crippen molar-refractivity contribution in [3.63, 3.8) is 0 Å². The molecule has 0 fully saturated rings. The minimum absolute atomic E-state index is 0. The average Bonchev–Trinajstić information content (AvgIpc) is 1.30. The standard InChI is InChI=1S/C6H13Br.Mg.2H/c1-6(2,3)4-5-7;;;/h4-5H2,1-3H3;;;/q;+2;2*-1. The summed E-state index contributed by atoms with van der Waals surface area (Å²) in [5.74, 6) is 0. The molecule has 0 radical (unpaired) electrons. The Morgan fingerprint density at radius 2 is 1.75 bits per heavy atom. The van der Waals surface area contributed by atoms with Crippen molar-refractivity contribution in [2.45, 2.75) is 27.2 Å². The van der Waals surface area contributed by atoms with Gasteiger partial charge in [-0.25, -0.2) is 0 Å². The first-order chi connectivity index (χ1) is 3.06. The summed E-state index contributed by atoms with van der Waals surface area (Å²) in [4.78, 5) is 0. The summed E-state index contributed by atoms with van der Waals surface area (Å²) in [6.07, 6.45) is 1.26. The molecule has 8 heavy (non-hydrogen) atoms. The summed E-state index contributed by atoms with van der Waals surface area (Å²) in [6, 6.07) is 0. The molecule has 0 N–H and O–H groups in total. The molecule has 0 saturated carbocycles. The van der Waals surface area contributed by atoms with Crippen LogP contribution in [0.2, 0.25) is 0 Å². The minimum atomic E-state index is 0. The SMILES string of the molecule is CC(C)(C)CCBr.[H-].[H-].[Mg+2]. The van der Waals surface area contributed by atoms with E-state index in [1.165, 1.54) is 6.42 Å². The van der Waals surface area contributed by atoms with Crippen molar-refractivity contribution in [1.82, 2.24) is 0 Å². The van der Waals surface area contributed by atoms with E-state index in [0.29, 0.717) is 5.41 Å². The first kappa shape index (κ1) is 12.0. The maximum atomic E-state index is 3.39. The van der Waals surface area contributed by atoms with Crippen molar-refractivity contribution in [1.29, 1.82) is 0 Å². The Hall–Kier alpha value is 1.25. The number of hydrogen-bond donors (Lipinski definition) is 0. The zero-order chi connectivity index (χ0) is 5.91. The Bertz CT molecular complexity index is 54.2. The quantitative estimate of drug-likeness (QED) is 0.441. The van der Waals surface area contributed by atoms with Gasteiger partial charge in [0.1, 0.15) is 0 Å². The molecule has 0 aromatic rings. The number of rotatable bonds is 1. The van der Waals surface area contributed by atoms with E-state index in [1.54, 1.807) is 0 Å². The summed E-state index contributed by atoms with van der Waals surface area (Å²) in [5, 5.41) is 1.12. The van der Waals surface area contributed by atoms with E-state index in [9.17, 15) is 0 Å². The van der Waals surface area contributed by atoms with Gasteiger partial charge in [0.15, 0.2) is 0 Å². The fourth-order valence-corrected chi connectivity index (χ4v) is 1.47. The van der Waals surface area contributed by atoms with Crippen molar-refractivity contribution in [3.8, 4) is 0 Å². The molecule has 0 atom stereocenters. The Labute approximate surface area is 79.7 Å². The van der Waals surface area contributed by atoms with Crippen LogP contribution >= 0.6 is 15.9 Å². The fraction of sp³-hybridized carbons (Fsp3) is 1.00. The summed E-state index contributed by atoms with van der Waals surface area (Å²) >= 11 is 3.39. The molecule has 0 amide bonds. The second kappa shape index (κ2) is 5.06. The van der Waals surface area contributed by atoms with Gasteiger partial charge in [0.2, 0.25) is 0 Å². The van der Waals surface area contributed by atoms with Gasteiger partial charge in [0, 0.05) is 5.33 Å². The Morgan fingerprint density at radius 1 is 1.38 bits per heavy atom. The predicted molar refractivity (Wildman–Crippen MR) is 45.8 cm³/mol. The second-order valence-corrected chi connectivity index (χ2v) is 3.79. The molecule has 0 aliphatic rings. The Kier molecular flexibility index (Phi) is 7.58. The number of hydrogen-bond acceptors (Lipinski definition) is 0. The van der Waals surface area contributed by atoms with Crippen LogP contribution in [0, 0.1) is 5.41 Å². The van der Waals surface area contributed by atoms with Gasteiger partial charge in [-0.1, -0.05) is 36.7 Å². The van der Waals surface area contributed by atoms with E-state index < -0.39 is 0 Å². The molecule has 0 bridgehead atoms. The van der Waals surface area contributed by atoms with Crippen LogP contribution in [0.4, 0.5) is 0 Å². The van der Waals surface area contributed by atoms with Crippen LogP contribution in [-0.4, -0.2) is 28.4 Å². The van der Waals surface area contributed by atoms with Crippen molar-refractivity contribution in [2.24, 2.45) is 5.41 Å². The normalized spacial score (nSPS) is 10.5. The van der Waals surface area contributed by atoms with Gasteiger partial charge >= 0.3 is 23.1 Å². The largest absolute Gasteiger partial charge is 2.00 e. The van der Waals surface area contributed by atoms with Crippen molar-refractivity contribution >= 4 is 39.0 Å². The average molecular weight is 191 g/mol. The molecular formula is C6H15BrMg. The van der Waals surface area contributed by atoms with Gasteiger partial charge in [0.25, 0.3) is 0 Å². The van der Waals surface area contributed by atoms with Gasteiger partial charge in [-0.05, 0) is 11.8 Å². The Balaban J connectivity index is -0.0000000600. The third kappa shape index (κ3) is 10.3. The molecule has 0 nitrogen and oxygen atoms in total. The molecule has 0 aliphatic carbocycles. The van der Waals surface area contributed by atoms with Gasteiger partial charge in [0.05, 0.1) is 0 Å². The second-order valence-electron chi connectivity index (χ2n) is 3.00. The third-order valence-corrected chi connectivity index (χ3v) is 1.24. The van der Waals surface area contributed by atoms with E-state index in [1.807, 2.05) is 0 Å². The van der Waals surface area contributed by atoms with E-state index in [4.69, 9.17) is 0 Å². The van der Waals surface area contributed by atoms with Gasteiger partial charge in [-0.3, -0.25) is 0 Å². The topological polar surface area (TPSA) is 0 Å². The van der Waals surface area contributed by atoms with E-state index in [-0.39, 0.29) is 25.9 Å². The maximum Gasteiger partial charge on any atom is 2.00 e. The first-order valence-corrected chi connectivity index (χ1v) is 3.74. The van der Waals surface area contributed by atoms with Crippen LogP contribution in [0.15, 0.2) is 0 Å². The zero-order valence-electron chi connectivity index (χ0n) is 8.00. The van der Waals surface area contributed by atoms with Crippen LogP contribution in [0.3, 0.4) is 0 Å². The molecule has 0 rings (SSSR count). The summed E-state index contributed by atoms with van der Waals surface area (Å²) < 4.78 is 0. The van der Waals surface area contributed by atoms with Crippen LogP contribution in [0.25, 0.3) is 0 Å². The van der Waals surface area contributed by atoms with Crippen LogP contribution in [-0.2, 0) is 0 Å². The molecule has 0 aromatic heterocycles. The van der Waals surface area contributed by atoms with Gasteiger partial charge in [-0.2, -0.15) is 0 Å². The Morgan fingerprint density at radius 3 is 1.75 bits per heavy atom. The van der Waals surface area contributed by atoms with E-state index in [2.05, 4.69) is 36.7 Å². The molecule has 0 spiro atoms. The zero-order valence-corrected chi connectivity index (χ0v) is 9.00. The number of halogens is 1. The first-order valence-electron chi connectivity index (χ1n) is 2.62. The summed E-state index contributed by atoms with van der Waals surface area (Å²) in [6.45, 7) is 6.73. The predicted octanol–water partition coefficient (Wildman–Crippen LogP) is 2.66. The summed E-state index contributed by atoms with van der Waals surface area (Å²) in [5.41, 5.74) is 0.503. The van der Waals surface area contributed by atoms with E-state index in [0.717, 1.165) is 5.33 Å². The minimum Gasteiger partial charge on any atom is -1.00 e. The van der Waals surface area contributed by atoms with Crippen LogP contribution in [0.5, 0.6) is 0 Å². The van der Waals surface area contributed by atoms with Crippen molar-refractivity contribution in [2.75, 3.05) is 5.33 Å². The molecule has 0 aromatic carbocycles. The van der Waals surface area contributed by atoms with Crippen LogP contribution in [0.1, 0.15) is 30.0 Å². The summed E-state index contributed by atoms with van der Waals surface area (Å²) in [7, 11) is 0. The fourth-order valence-electron chi connectivity index (χ4n) is 0.283. The molecule has 0 unspecified atom stereocenters. The van der Waals surface area contributed by atoms with Gasteiger partial charge in [-0.15, -0.1) is 0 Å². The molecule has 48 valence electrons.